The average Bonchev–Trinajstić information content (AvgIpc) is 3.25. The third-order valence-electron chi connectivity index (χ3n) is 5.57. The quantitative estimate of drug-likeness (QED) is 0.450. The van der Waals surface area contributed by atoms with Gasteiger partial charge in [0.05, 0.1) is 22.4 Å². The number of rotatable bonds is 6. The van der Waals surface area contributed by atoms with Gasteiger partial charge in [-0.3, -0.25) is 14.5 Å². The summed E-state index contributed by atoms with van der Waals surface area (Å²) in [4.78, 5) is 20.5. The van der Waals surface area contributed by atoms with Crippen molar-refractivity contribution in [1.29, 1.82) is 0 Å². The van der Waals surface area contributed by atoms with Crippen molar-refractivity contribution in [3.8, 4) is 11.5 Å². The molecule has 0 fully saturated rings. The number of nitrogens with zero attached hydrogens (tertiary/aromatic N) is 5. The second-order valence-electron chi connectivity index (χ2n) is 9.43. The molecule has 0 aliphatic heterocycles. The van der Waals surface area contributed by atoms with Crippen LogP contribution in [0, 0.1) is 6.92 Å². The van der Waals surface area contributed by atoms with Crippen molar-refractivity contribution < 1.29 is 9.53 Å². The number of fused-ring (bicyclic) bond motifs is 1. The monoisotopic (exact) mass is 446 g/mol. The van der Waals surface area contributed by atoms with Crippen LogP contribution in [-0.2, 0) is 30.7 Å². The summed E-state index contributed by atoms with van der Waals surface area (Å²) in [6.45, 7) is 10.0. The van der Waals surface area contributed by atoms with Gasteiger partial charge in [-0.1, -0.05) is 20.8 Å². The van der Waals surface area contributed by atoms with E-state index in [2.05, 4.69) is 42.2 Å². The van der Waals surface area contributed by atoms with Crippen LogP contribution < -0.4 is 10.1 Å². The molecule has 0 atom stereocenters. The molecule has 1 N–H and O–H groups in total. The van der Waals surface area contributed by atoms with E-state index in [1.807, 2.05) is 42.4 Å². The highest BCUT2D eigenvalue weighted by molar-refractivity contribution is 5.84. The lowest BCUT2D eigenvalue weighted by atomic mass is 9.92. The van der Waals surface area contributed by atoms with Gasteiger partial charge in [0.2, 0.25) is 5.95 Å². The maximum Gasteiger partial charge on any atom is 0.209 e. The first-order valence-electron chi connectivity index (χ1n) is 10.9. The Bertz CT molecular complexity index is 1340. The van der Waals surface area contributed by atoms with Crippen LogP contribution in [0.1, 0.15) is 44.6 Å². The molecule has 4 rings (SSSR count). The van der Waals surface area contributed by atoms with Crippen LogP contribution in [0.25, 0.3) is 11.0 Å². The third kappa shape index (κ3) is 4.60. The molecule has 8 heteroatoms. The number of carbonyl (C=O) groups is 1. The minimum atomic E-state index is -0.0376. The fraction of sp³-hybridized carbons (Fsp3) is 0.360. The number of Topliss-reactive ketones (excluding diaryl/α,β-unsaturated/α-hetero) is 1. The number of pyridine rings is 1. The van der Waals surface area contributed by atoms with E-state index in [0.29, 0.717) is 11.4 Å². The van der Waals surface area contributed by atoms with Gasteiger partial charge < -0.3 is 14.6 Å². The zero-order chi connectivity index (χ0) is 23.9. The van der Waals surface area contributed by atoms with Crippen molar-refractivity contribution in [3.05, 3.63) is 53.5 Å². The van der Waals surface area contributed by atoms with Crippen LogP contribution in [0.5, 0.6) is 11.5 Å². The Labute approximate surface area is 193 Å². The average molecular weight is 447 g/mol. The van der Waals surface area contributed by atoms with Crippen LogP contribution in [0.3, 0.4) is 0 Å². The molecule has 0 radical (unpaired) electrons. The van der Waals surface area contributed by atoms with E-state index in [1.54, 1.807) is 25.3 Å². The number of ketones is 1. The fourth-order valence-electron chi connectivity index (χ4n) is 3.76. The first-order valence-corrected chi connectivity index (χ1v) is 10.9. The summed E-state index contributed by atoms with van der Waals surface area (Å²) in [5.41, 5.74) is 4.49. The van der Waals surface area contributed by atoms with Gasteiger partial charge >= 0.3 is 0 Å². The van der Waals surface area contributed by atoms with Gasteiger partial charge in [-0.05, 0) is 32.0 Å². The summed E-state index contributed by atoms with van der Waals surface area (Å²) in [5, 5.41) is 8.05. The largest absolute Gasteiger partial charge is 0.457 e. The van der Waals surface area contributed by atoms with Crippen molar-refractivity contribution in [1.82, 2.24) is 24.3 Å². The summed E-state index contributed by atoms with van der Waals surface area (Å²) in [6, 6.07) is 9.52. The second kappa shape index (κ2) is 8.35. The highest BCUT2D eigenvalue weighted by Gasteiger charge is 2.20. The van der Waals surface area contributed by atoms with Crippen molar-refractivity contribution in [2.75, 3.05) is 5.32 Å². The van der Waals surface area contributed by atoms with E-state index >= 15 is 0 Å². The Morgan fingerprint density at radius 1 is 1.15 bits per heavy atom. The minimum Gasteiger partial charge on any atom is -0.457 e. The predicted molar refractivity (Wildman–Crippen MR) is 129 cm³/mol. The van der Waals surface area contributed by atoms with Crippen molar-refractivity contribution in [2.24, 2.45) is 14.1 Å². The highest BCUT2D eigenvalue weighted by atomic mass is 16.5. The molecular formula is C25H30N6O2. The molecule has 0 spiro atoms. The van der Waals surface area contributed by atoms with Crippen molar-refractivity contribution >= 4 is 28.6 Å². The fourth-order valence-corrected chi connectivity index (χ4v) is 3.76. The molecule has 0 saturated heterocycles. The van der Waals surface area contributed by atoms with Gasteiger partial charge in [0, 0.05) is 49.8 Å². The maximum absolute atomic E-state index is 11.4. The van der Waals surface area contributed by atoms with Crippen LogP contribution in [-0.4, -0.2) is 30.1 Å². The van der Waals surface area contributed by atoms with Gasteiger partial charge in [-0.25, -0.2) is 4.98 Å². The zero-order valence-electron chi connectivity index (χ0n) is 20.2. The van der Waals surface area contributed by atoms with Gasteiger partial charge in [0.25, 0.3) is 0 Å². The van der Waals surface area contributed by atoms with Crippen molar-refractivity contribution in [3.63, 3.8) is 0 Å². The molecule has 172 valence electrons. The molecular weight excluding hydrogens is 416 g/mol. The molecule has 3 aromatic heterocycles. The zero-order valence-corrected chi connectivity index (χ0v) is 20.2. The second-order valence-corrected chi connectivity index (χ2v) is 9.43. The predicted octanol–water partition coefficient (Wildman–Crippen LogP) is 4.98. The summed E-state index contributed by atoms with van der Waals surface area (Å²) in [7, 11) is 3.90. The number of carbonyl (C=O) groups excluding carboxylic acids is 1. The maximum atomic E-state index is 11.4. The van der Waals surface area contributed by atoms with Crippen LogP contribution in [0.4, 0.5) is 11.8 Å². The van der Waals surface area contributed by atoms with Gasteiger partial charge in [-0.2, -0.15) is 5.10 Å². The number of hydrogen-bond donors (Lipinski definition) is 1. The lowest BCUT2D eigenvalue weighted by Crippen LogP contribution is -2.12. The Morgan fingerprint density at radius 3 is 2.58 bits per heavy atom. The van der Waals surface area contributed by atoms with Crippen LogP contribution >= 0.6 is 0 Å². The molecule has 33 heavy (non-hydrogen) atoms. The number of anilines is 2. The molecule has 0 bridgehead atoms. The first-order chi connectivity index (χ1) is 15.5. The Kier molecular flexibility index (Phi) is 5.69. The molecule has 3 heterocycles. The SMILES string of the molecule is CC(=O)Cc1cc(Oc2ccc3nc(Nc4cc(C(C)(C)C)nn4C)n(C)c3c2C)ccn1. The number of aryl methyl sites for hydroxylation is 3. The third-order valence-corrected chi connectivity index (χ3v) is 5.57. The summed E-state index contributed by atoms with van der Waals surface area (Å²) in [6.07, 6.45) is 1.95. The number of ether oxygens (including phenoxy) is 1. The molecule has 0 saturated carbocycles. The topological polar surface area (TPSA) is 86.9 Å². The van der Waals surface area contributed by atoms with Crippen LogP contribution in [0.15, 0.2) is 36.5 Å². The van der Waals surface area contributed by atoms with E-state index in [0.717, 1.165) is 39.8 Å². The van der Waals surface area contributed by atoms with E-state index in [9.17, 15) is 4.79 Å². The smallest absolute Gasteiger partial charge is 0.209 e. The number of imidazole rings is 1. The van der Waals surface area contributed by atoms with Gasteiger partial charge in [0.15, 0.2) is 0 Å². The molecule has 0 aliphatic carbocycles. The molecule has 0 aliphatic rings. The Hall–Kier alpha value is -3.68. The summed E-state index contributed by atoms with van der Waals surface area (Å²) >= 11 is 0. The molecule has 1 aromatic carbocycles. The minimum absolute atomic E-state index is 0.0376. The van der Waals surface area contributed by atoms with E-state index in [1.165, 1.54) is 0 Å². The number of hydrogen-bond acceptors (Lipinski definition) is 6. The van der Waals surface area contributed by atoms with Crippen molar-refractivity contribution in [2.45, 2.75) is 46.5 Å². The number of benzene rings is 1. The van der Waals surface area contributed by atoms with Gasteiger partial charge in [0.1, 0.15) is 23.1 Å². The number of aromatic nitrogens is 5. The Morgan fingerprint density at radius 2 is 1.91 bits per heavy atom. The first kappa shape index (κ1) is 22.5. The standard InChI is InChI=1S/C25H30N6O2/c1-15(32)12-17-13-18(10-11-26-17)33-20-9-8-19-23(16(20)2)30(6)24(27-19)28-22-14-21(25(3,4)5)29-31(22)7/h8-11,13-14H,12H2,1-7H3,(H,27,28). The van der Waals surface area contributed by atoms with E-state index < -0.39 is 0 Å². The number of nitrogens with one attached hydrogen (secondary N) is 1. The normalized spacial score (nSPS) is 11.7. The summed E-state index contributed by atoms with van der Waals surface area (Å²) < 4.78 is 10.0. The molecule has 8 nitrogen and oxygen atoms in total. The van der Waals surface area contributed by atoms with Gasteiger partial charge in [-0.15, -0.1) is 0 Å². The van der Waals surface area contributed by atoms with E-state index in [-0.39, 0.29) is 17.6 Å². The van der Waals surface area contributed by atoms with Crippen LogP contribution in [0.2, 0.25) is 0 Å². The van der Waals surface area contributed by atoms with E-state index in [4.69, 9.17) is 9.72 Å². The lowest BCUT2D eigenvalue weighted by molar-refractivity contribution is -0.116. The highest BCUT2D eigenvalue weighted by Crippen LogP contribution is 2.33. The Balaban J connectivity index is 1.65. The lowest BCUT2D eigenvalue weighted by Gasteiger charge is -2.13. The molecule has 4 aromatic rings. The summed E-state index contributed by atoms with van der Waals surface area (Å²) in [5.74, 6) is 3.04. The molecule has 0 amide bonds. The molecule has 0 unspecified atom stereocenters.